The molecular weight excluding hydrogens is 498 g/mol. The van der Waals surface area contributed by atoms with E-state index in [4.69, 9.17) is 18.7 Å². The molecule has 1 unspecified atom stereocenters. The second-order valence-corrected chi connectivity index (χ2v) is 10.9. The van der Waals surface area contributed by atoms with E-state index in [1.54, 1.807) is 13.0 Å². The standard InChI is InChI=1S/C16H23BO3.C13H17BO5/c1-7-12-8-11(2)9-14(13(12)10-18)17-19-15(3,4)16(5,6)20-17;1-3-8-5-9(15)6-10-13(8)11(19-14(10)17)7-12(16)18-4-2/h8-10H,7H2,1-6H3;5-6,11,15,17H,3-4,7H2,1-2H3. The highest BCUT2D eigenvalue weighted by molar-refractivity contribution is 6.63. The highest BCUT2D eigenvalue weighted by Crippen LogP contribution is 2.37. The van der Waals surface area contributed by atoms with Gasteiger partial charge in [0.05, 0.1) is 30.3 Å². The van der Waals surface area contributed by atoms with Crippen molar-refractivity contribution in [2.75, 3.05) is 6.61 Å². The molecular formula is C29H40B2O8. The average molecular weight is 538 g/mol. The number of aldehydes is 1. The van der Waals surface area contributed by atoms with E-state index in [-0.39, 0.29) is 18.1 Å². The Kier molecular flexibility index (Phi) is 9.70. The smallest absolute Gasteiger partial charge is 0.495 e. The van der Waals surface area contributed by atoms with Crippen molar-refractivity contribution in [3.05, 3.63) is 52.1 Å². The summed E-state index contributed by atoms with van der Waals surface area (Å²) in [7, 11) is -1.59. The molecule has 0 aromatic heterocycles. The van der Waals surface area contributed by atoms with Crippen LogP contribution in [0.2, 0.25) is 0 Å². The lowest BCUT2D eigenvalue weighted by Crippen LogP contribution is -2.41. The monoisotopic (exact) mass is 538 g/mol. The van der Waals surface area contributed by atoms with E-state index in [1.165, 1.54) is 6.07 Å². The molecule has 1 saturated heterocycles. The van der Waals surface area contributed by atoms with E-state index in [0.717, 1.165) is 40.4 Å². The van der Waals surface area contributed by atoms with Gasteiger partial charge in [-0.25, -0.2) is 0 Å². The number of hydrogen-bond acceptors (Lipinski definition) is 8. The Bertz CT molecular complexity index is 1190. The number of phenolic OH excluding ortho intramolecular Hbond substituents is 1. The van der Waals surface area contributed by atoms with Crippen LogP contribution in [0, 0.1) is 6.92 Å². The number of rotatable bonds is 7. The Labute approximate surface area is 232 Å². The molecule has 0 bridgehead atoms. The third-order valence-electron chi connectivity index (χ3n) is 7.65. The molecule has 210 valence electrons. The maximum atomic E-state index is 11.5. The molecule has 0 amide bonds. The van der Waals surface area contributed by atoms with Crippen molar-refractivity contribution in [2.45, 2.75) is 92.0 Å². The van der Waals surface area contributed by atoms with Gasteiger partial charge in [-0.05, 0) is 94.1 Å². The Morgan fingerprint density at radius 1 is 1.00 bits per heavy atom. The predicted molar refractivity (Wildman–Crippen MR) is 152 cm³/mol. The topological polar surface area (TPSA) is 112 Å². The third kappa shape index (κ3) is 6.57. The molecule has 0 radical (unpaired) electrons. The van der Waals surface area contributed by atoms with E-state index in [1.807, 2.05) is 47.6 Å². The van der Waals surface area contributed by atoms with Crippen molar-refractivity contribution in [3.63, 3.8) is 0 Å². The molecule has 8 nitrogen and oxygen atoms in total. The van der Waals surface area contributed by atoms with Gasteiger partial charge in [0.1, 0.15) is 12.0 Å². The minimum Gasteiger partial charge on any atom is -0.508 e. The summed E-state index contributed by atoms with van der Waals surface area (Å²) in [5.74, 6) is -0.266. The SMILES string of the molecule is CCOC(=O)CC1OB(O)c2cc(O)cc(CC)c21.CCc1cc(C)cc(B2OC(C)(C)C(C)(C)O2)c1C=O. The molecule has 2 heterocycles. The van der Waals surface area contributed by atoms with Crippen LogP contribution in [0.3, 0.4) is 0 Å². The number of aryl methyl sites for hydroxylation is 3. The summed E-state index contributed by atoms with van der Waals surface area (Å²) in [5, 5.41) is 19.5. The van der Waals surface area contributed by atoms with E-state index in [0.29, 0.717) is 24.1 Å². The molecule has 4 rings (SSSR count). The molecule has 2 aromatic rings. The number of ether oxygens (including phenoxy) is 1. The lowest BCUT2D eigenvalue weighted by molar-refractivity contribution is -0.145. The fourth-order valence-electron chi connectivity index (χ4n) is 4.93. The van der Waals surface area contributed by atoms with E-state index in [9.17, 15) is 19.7 Å². The van der Waals surface area contributed by atoms with Crippen molar-refractivity contribution in [1.82, 2.24) is 0 Å². The molecule has 1 fully saturated rings. The van der Waals surface area contributed by atoms with Gasteiger partial charge >= 0.3 is 20.2 Å². The first-order chi connectivity index (χ1) is 18.3. The van der Waals surface area contributed by atoms with Gasteiger partial charge in [-0.15, -0.1) is 0 Å². The fraction of sp³-hybridized carbons (Fsp3) is 0.517. The Hall–Kier alpha value is -2.65. The molecule has 1 atom stereocenters. The van der Waals surface area contributed by atoms with Crippen LogP contribution in [-0.2, 0) is 36.3 Å². The molecule has 2 N–H and O–H groups in total. The molecule has 0 aliphatic carbocycles. The van der Waals surface area contributed by atoms with E-state index >= 15 is 0 Å². The fourth-order valence-corrected chi connectivity index (χ4v) is 4.93. The number of hydrogen-bond donors (Lipinski definition) is 2. The van der Waals surface area contributed by atoms with Crippen LogP contribution in [0.1, 0.15) is 93.6 Å². The molecule has 10 heteroatoms. The highest BCUT2D eigenvalue weighted by atomic mass is 16.7. The largest absolute Gasteiger partial charge is 0.508 e. The maximum absolute atomic E-state index is 11.5. The number of benzene rings is 2. The molecule has 39 heavy (non-hydrogen) atoms. The molecule has 0 spiro atoms. The molecule has 0 saturated carbocycles. The number of carbonyl (C=O) groups is 2. The van der Waals surface area contributed by atoms with Gasteiger partial charge in [-0.3, -0.25) is 9.59 Å². The van der Waals surface area contributed by atoms with Gasteiger partial charge in [-0.1, -0.05) is 31.5 Å². The summed E-state index contributed by atoms with van der Waals surface area (Å²) in [4.78, 5) is 23.0. The van der Waals surface area contributed by atoms with Crippen molar-refractivity contribution in [3.8, 4) is 5.75 Å². The lowest BCUT2D eigenvalue weighted by Gasteiger charge is -2.32. The van der Waals surface area contributed by atoms with E-state index < -0.39 is 31.5 Å². The van der Waals surface area contributed by atoms with Crippen LogP contribution in [-0.4, -0.2) is 54.4 Å². The number of phenols is 1. The summed E-state index contributed by atoms with van der Waals surface area (Å²) in [6.45, 7) is 16.2. The third-order valence-corrected chi connectivity index (χ3v) is 7.65. The quantitative estimate of drug-likeness (QED) is 0.314. The van der Waals surface area contributed by atoms with Crippen LogP contribution in [0.15, 0.2) is 24.3 Å². The Morgan fingerprint density at radius 3 is 2.15 bits per heavy atom. The second-order valence-electron chi connectivity index (χ2n) is 10.9. The van der Waals surface area contributed by atoms with Crippen molar-refractivity contribution in [1.29, 1.82) is 0 Å². The van der Waals surface area contributed by atoms with Crippen LogP contribution in [0.25, 0.3) is 0 Å². The first-order valence-corrected chi connectivity index (χ1v) is 13.6. The van der Waals surface area contributed by atoms with Gasteiger partial charge in [-0.2, -0.15) is 0 Å². The van der Waals surface area contributed by atoms with E-state index in [2.05, 4.69) is 13.0 Å². The lowest BCUT2D eigenvalue weighted by atomic mass is 9.74. The first-order valence-electron chi connectivity index (χ1n) is 13.6. The first kappa shape index (κ1) is 30.9. The summed E-state index contributed by atoms with van der Waals surface area (Å²) in [6, 6.07) is 7.16. The van der Waals surface area contributed by atoms with Crippen molar-refractivity contribution >= 4 is 37.4 Å². The molecule has 2 aromatic carbocycles. The van der Waals surface area contributed by atoms with Crippen molar-refractivity contribution in [2.24, 2.45) is 0 Å². The van der Waals surface area contributed by atoms with Crippen LogP contribution in [0.5, 0.6) is 5.75 Å². The predicted octanol–water partition coefficient (Wildman–Crippen LogP) is 3.34. The number of esters is 1. The van der Waals surface area contributed by atoms with Gasteiger partial charge in [0, 0.05) is 5.56 Å². The zero-order chi connectivity index (χ0) is 29.1. The van der Waals surface area contributed by atoms with Crippen LogP contribution in [0.4, 0.5) is 0 Å². The second kappa shape index (κ2) is 12.3. The number of carbonyl (C=O) groups excluding carboxylic acids is 2. The van der Waals surface area contributed by atoms with Gasteiger partial charge in [0.2, 0.25) is 0 Å². The number of aromatic hydroxyl groups is 1. The van der Waals surface area contributed by atoms with Crippen LogP contribution >= 0.6 is 0 Å². The maximum Gasteiger partial charge on any atom is 0.495 e. The molecule has 2 aliphatic rings. The van der Waals surface area contributed by atoms with Gasteiger partial charge < -0.3 is 28.8 Å². The van der Waals surface area contributed by atoms with Crippen LogP contribution < -0.4 is 10.9 Å². The van der Waals surface area contributed by atoms with Gasteiger partial charge in [0.25, 0.3) is 0 Å². The minimum atomic E-state index is -1.10. The van der Waals surface area contributed by atoms with Crippen molar-refractivity contribution < 1.29 is 38.4 Å². The Balaban J connectivity index is 0.000000216. The summed E-state index contributed by atoms with van der Waals surface area (Å²) in [5.41, 5.74) is 5.13. The minimum absolute atomic E-state index is 0.0652. The molecule has 2 aliphatic heterocycles. The Morgan fingerprint density at radius 2 is 1.62 bits per heavy atom. The zero-order valence-electron chi connectivity index (χ0n) is 24.3. The summed E-state index contributed by atoms with van der Waals surface area (Å²) < 4.78 is 22.4. The normalized spacial score (nSPS) is 18.8. The summed E-state index contributed by atoms with van der Waals surface area (Å²) in [6.07, 6.45) is 1.97. The summed E-state index contributed by atoms with van der Waals surface area (Å²) >= 11 is 0. The number of fused-ring (bicyclic) bond motifs is 1. The zero-order valence-corrected chi connectivity index (χ0v) is 24.3. The highest BCUT2D eigenvalue weighted by Gasteiger charge is 2.52. The van der Waals surface area contributed by atoms with Gasteiger partial charge in [0.15, 0.2) is 0 Å². The average Bonchev–Trinajstić information content (AvgIpc) is 3.28.